The first kappa shape index (κ1) is 13.5. The van der Waals surface area contributed by atoms with Gasteiger partial charge >= 0.3 is 5.97 Å². The van der Waals surface area contributed by atoms with E-state index in [1.54, 1.807) is 0 Å². The first-order valence-electron chi connectivity index (χ1n) is 5.20. The average Bonchev–Trinajstić information content (AvgIpc) is 1.79. The molecule has 0 aromatic rings. The molecule has 1 N–H and O–H groups in total. The van der Waals surface area contributed by atoms with Crippen LogP contribution in [0.5, 0.6) is 0 Å². The zero-order valence-electron chi connectivity index (χ0n) is 10.5. The quantitative estimate of drug-likeness (QED) is 0.741. The first-order valence-corrected chi connectivity index (χ1v) is 5.20. The number of aliphatic carboxylic acids is 1. The van der Waals surface area contributed by atoms with E-state index in [-0.39, 0.29) is 22.7 Å². The molecule has 0 saturated heterocycles. The third kappa shape index (κ3) is 3.32. The summed E-state index contributed by atoms with van der Waals surface area (Å²) in [6.07, 6.45) is 0. The van der Waals surface area contributed by atoms with Gasteiger partial charge in [0.05, 0.1) is 5.92 Å². The predicted octanol–water partition coefficient (Wildman–Crippen LogP) is 3.42. The van der Waals surface area contributed by atoms with E-state index in [9.17, 15) is 9.90 Å². The van der Waals surface area contributed by atoms with Crippen LogP contribution in [0.25, 0.3) is 0 Å². The van der Waals surface area contributed by atoms with Crippen LogP contribution in [0.4, 0.5) is 0 Å². The van der Waals surface area contributed by atoms with E-state index in [0.717, 1.165) is 0 Å². The summed E-state index contributed by atoms with van der Waals surface area (Å²) >= 11 is 0. The second kappa shape index (κ2) is 3.92. The first-order chi connectivity index (χ1) is 5.98. The predicted molar refractivity (Wildman–Crippen MR) is 59.2 cm³/mol. The molecule has 0 aromatic heterocycles. The molecule has 0 rings (SSSR count). The summed E-state index contributed by atoms with van der Waals surface area (Å²) < 4.78 is 0. The summed E-state index contributed by atoms with van der Waals surface area (Å²) in [6.45, 7) is 14.3. The monoisotopic (exact) mass is 200 g/mol. The van der Waals surface area contributed by atoms with E-state index >= 15 is 0 Å². The normalized spacial score (nSPS) is 17.6. The lowest BCUT2D eigenvalue weighted by Gasteiger charge is -2.39. The lowest BCUT2D eigenvalue weighted by molar-refractivity contribution is -0.150. The standard InChI is InChI=1S/C12H24O2/c1-8(11(2,3)4)9(10(13)14)12(5,6)7/h8-9H,1-7H3,(H,13,14). The summed E-state index contributed by atoms with van der Waals surface area (Å²) in [5.41, 5.74) is -0.144. The van der Waals surface area contributed by atoms with E-state index in [0.29, 0.717) is 0 Å². The fraction of sp³-hybridized carbons (Fsp3) is 0.917. The van der Waals surface area contributed by atoms with E-state index in [2.05, 4.69) is 20.8 Å². The molecule has 0 aliphatic rings. The zero-order valence-corrected chi connectivity index (χ0v) is 10.5. The third-order valence-electron chi connectivity index (χ3n) is 3.07. The maximum Gasteiger partial charge on any atom is 0.307 e. The molecular weight excluding hydrogens is 176 g/mol. The number of rotatable bonds is 2. The molecular formula is C12H24O2. The molecule has 2 nitrogen and oxygen atoms in total. The summed E-state index contributed by atoms with van der Waals surface area (Å²) in [5, 5.41) is 9.24. The summed E-state index contributed by atoms with van der Waals surface area (Å²) in [5.74, 6) is -0.803. The van der Waals surface area contributed by atoms with Gasteiger partial charge < -0.3 is 5.11 Å². The Hall–Kier alpha value is -0.530. The molecule has 84 valence electrons. The van der Waals surface area contributed by atoms with Crippen molar-refractivity contribution in [3.8, 4) is 0 Å². The Balaban J connectivity index is 4.96. The van der Waals surface area contributed by atoms with Gasteiger partial charge in [-0.15, -0.1) is 0 Å². The number of hydrogen-bond acceptors (Lipinski definition) is 1. The molecule has 0 fully saturated rings. The highest BCUT2D eigenvalue weighted by atomic mass is 16.4. The highest BCUT2D eigenvalue weighted by molar-refractivity contribution is 5.71. The van der Waals surface area contributed by atoms with Gasteiger partial charge in [-0.1, -0.05) is 48.5 Å². The van der Waals surface area contributed by atoms with Crippen molar-refractivity contribution >= 4 is 5.97 Å². The van der Waals surface area contributed by atoms with Crippen LogP contribution in [-0.4, -0.2) is 11.1 Å². The van der Waals surface area contributed by atoms with E-state index in [4.69, 9.17) is 0 Å². The van der Waals surface area contributed by atoms with Crippen LogP contribution in [0.1, 0.15) is 48.5 Å². The van der Waals surface area contributed by atoms with E-state index in [1.165, 1.54) is 0 Å². The van der Waals surface area contributed by atoms with Crippen LogP contribution < -0.4 is 0 Å². The molecule has 2 heteroatoms. The number of carboxylic acid groups (broad SMARTS) is 1. The van der Waals surface area contributed by atoms with Crippen molar-refractivity contribution in [1.29, 1.82) is 0 Å². The Morgan fingerprint density at radius 1 is 1.00 bits per heavy atom. The van der Waals surface area contributed by atoms with Crippen molar-refractivity contribution in [2.45, 2.75) is 48.5 Å². The second-order valence-electron chi connectivity index (χ2n) is 6.34. The molecule has 0 aliphatic carbocycles. The van der Waals surface area contributed by atoms with Gasteiger partial charge in [-0.2, -0.15) is 0 Å². The molecule has 0 radical (unpaired) electrons. The van der Waals surface area contributed by atoms with Crippen molar-refractivity contribution in [3.05, 3.63) is 0 Å². The van der Waals surface area contributed by atoms with Crippen molar-refractivity contribution in [1.82, 2.24) is 0 Å². The molecule has 0 spiro atoms. The van der Waals surface area contributed by atoms with Crippen LogP contribution in [0.3, 0.4) is 0 Å². The van der Waals surface area contributed by atoms with Gasteiger partial charge in [0.1, 0.15) is 0 Å². The van der Waals surface area contributed by atoms with Crippen LogP contribution in [0.15, 0.2) is 0 Å². The fourth-order valence-corrected chi connectivity index (χ4v) is 1.83. The minimum atomic E-state index is -0.681. The Bertz CT molecular complexity index is 205. The maximum absolute atomic E-state index is 11.2. The SMILES string of the molecule is CC(C(C(=O)O)C(C)(C)C)C(C)(C)C. The lowest BCUT2D eigenvalue weighted by Crippen LogP contribution is -2.39. The molecule has 2 atom stereocenters. The van der Waals surface area contributed by atoms with Gasteiger partial charge in [0.2, 0.25) is 0 Å². The largest absolute Gasteiger partial charge is 0.481 e. The Kier molecular flexibility index (Phi) is 3.77. The van der Waals surface area contributed by atoms with Crippen LogP contribution >= 0.6 is 0 Å². The molecule has 0 heterocycles. The highest BCUT2D eigenvalue weighted by Gasteiger charge is 2.40. The summed E-state index contributed by atoms with van der Waals surface area (Å²) in [7, 11) is 0. The highest BCUT2D eigenvalue weighted by Crippen LogP contribution is 2.40. The van der Waals surface area contributed by atoms with Gasteiger partial charge in [0, 0.05) is 0 Å². The molecule has 0 aliphatic heterocycles. The van der Waals surface area contributed by atoms with Gasteiger partial charge in [-0.25, -0.2) is 0 Å². The molecule has 0 aromatic carbocycles. The third-order valence-corrected chi connectivity index (χ3v) is 3.07. The maximum atomic E-state index is 11.2. The van der Waals surface area contributed by atoms with Gasteiger partial charge in [0.25, 0.3) is 0 Å². The number of hydrogen-bond donors (Lipinski definition) is 1. The van der Waals surface area contributed by atoms with Gasteiger partial charge in [-0.05, 0) is 16.7 Å². The van der Waals surface area contributed by atoms with Crippen molar-refractivity contribution in [2.24, 2.45) is 22.7 Å². The van der Waals surface area contributed by atoms with E-state index in [1.807, 2.05) is 27.7 Å². The van der Waals surface area contributed by atoms with E-state index < -0.39 is 5.97 Å². The minimum Gasteiger partial charge on any atom is -0.481 e. The van der Waals surface area contributed by atoms with Crippen LogP contribution in [0.2, 0.25) is 0 Å². The number of carboxylic acids is 1. The Labute approximate surface area is 87.7 Å². The fourth-order valence-electron chi connectivity index (χ4n) is 1.83. The lowest BCUT2D eigenvalue weighted by atomic mass is 9.65. The number of carbonyl (C=O) groups is 1. The smallest absolute Gasteiger partial charge is 0.307 e. The molecule has 0 bridgehead atoms. The average molecular weight is 200 g/mol. The van der Waals surface area contributed by atoms with Crippen LogP contribution in [-0.2, 0) is 4.79 Å². The molecule has 2 unspecified atom stereocenters. The Morgan fingerprint density at radius 2 is 1.36 bits per heavy atom. The topological polar surface area (TPSA) is 37.3 Å². The zero-order chi connectivity index (χ0) is 11.7. The minimum absolute atomic E-state index is 0.0380. The van der Waals surface area contributed by atoms with Gasteiger partial charge in [-0.3, -0.25) is 4.79 Å². The Morgan fingerprint density at radius 3 is 1.43 bits per heavy atom. The van der Waals surface area contributed by atoms with Crippen molar-refractivity contribution in [2.75, 3.05) is 0 Å². The van der Waals surface area contributed by atoms with Crippen molar-refractivity contribution < 1.29 is 9.90 Å². The van der Waals surface area contributed by atoms with Crippen molar-refractivity contribution in [3.63, 3.8) is 0 Å². The van der Waals surface area contributed by atoms with Crippen LogP contribution in [0, 0.1) is 22.7 Å². The molecule has 14 heavy (non-hydrogen) atoms. The van der Waals surface area contributed by atoms with Gasteiger partial charge in [0.15, 0.2) is 0 Å². The molecule has 0 amide bonds. The summed E-state index contributed by atoms with van der Waals surface area (Å²) in [6, 6.07) is 0. The molecule has 0 saturated carbocycles. The summed E-state index contributed by atoms with van der Waals surface area (Å²) in [4.78, 5) is 11.2. The second-order valence-corrected chi connectivity index (χ2v) is 6.34.